The van der Waals surface area contributed by atoms with Crippen LogP contribution in [0.15, 0.2) is 12.1 Å². The molecule has 2 N–H and O–H groups in total. The Kier molecular flexibility index (Phi) is 2.70. The Hall–Kier alpha value is -1.62. The lowest BCUT2D eigenvalue weighted by atomic mass is 9.95. The third kappa shape index (κ3) is 2.06. The lowest BCUT2D eigenvalue weighted by molar-refractivity contribution is 0.0696. The van der Waals surface area contributed by atoms with Crippen LogP contribution in [0.1, 0.15) is 35.3 Å². The van der Waals surface area contributed by atoms with Crippen molar-refractivity contribution in [3.05, 3.63) is 23.4 Å². The number of aromatic carboxylic acids is 1. The third-order valence-corrected chi connectivity index (χ3v) is 3.64. The van der Waals surface area contributed by atoms with Crippen molar-refractivity contribution in [1.82, 2.24) is 4.98 Å². The summed E-state index contributed by atoms with van der Waals surface area (Å²) in [6, 6.07) is 3.42. The van der Waals surface area contributed by atoms with E-state index < -0.39 is 5.97 Å². The van der Waals surface area contributed by atoms with Crippen molar-refractivity contribution in [2.45, 2.75) is 44.4 Å². The van der Waals surface area contributed by atoms with E-state index in [1.165, 1.54) is 0 Å². The average Bonchev–Trinajstić information content (AvgIpc) is 2.90. The Labute approximate surface area is 105 Å². The summed E-state index contributed by atoms with van der Waals surface area (Å²) >= 11 is 0. The highest BCUT2D eigenvalue weighted by molar-refractivity contribution is 5.88. The number of fused-ring (bicyclic) bond motifs is 2. The molecule has 0 amide bonds. The highest BCUT2D eigenvalue weighted by Crippen LogP contribution is 2.35. The fraction of sp³-hybridized carbons (Fsp3) is 0.538. The van der Waals surface area contributed by atoms with E-state index >= 15 is 0 Å². The summed E-state index contributed by atoms with van der Waals surface area (Å²) in [5, 5.41) is 12.3. The maximum atomic E-state index is 11.0. The minimum atomic E-state index is -0.923. The number of pyridine rings is 1. The number of ether oxygens (including phenoxy) is 1. The standard InChI is InChI=1S/C13H16N2O3/c1-7-4-8(13(16)17)5-12(14-7)15-10-6-9-2-3-11(10)18-9/h4-5,9-11H,2-3,6H2,1H3,(H,14,15)(H,16,17). The molecule has 3 heterocycles. The maximum absolute atomic E-state index is 11.0. The van der Waals surface area contributed by atoms with Gasteiger partial charge in [-0.1, -0.05) is 0 Å². The molecular formula is C13H16N2O3. The summed E-state index contributed by atoms with van der Waals surface area (Å²) in [5.74, 6) is -0.290. The van der Waals surface area contributed by atoms with Gasteiger partial charge in [-0.2, -0.15) is 0 Å². The van der Waals surface area contributed by atoms with Gasteiger partial charge in [-0.05, 0) is 38.3 Å². The first-order chi connectivity index (χ1) is 8.61. The fourth-order valence-corrected chi connectivity index (χ4v) is 2.85. The summed E-state index contributed by atoms with van der Waals surface area (Å²) in [6.45, 7) is 1.80. The Morgan fingerprint density at radius 3 is 2.94 bits per heavy atom. The zero-order valence-corrected chi connectivity index (χ0v) is 10.2. The number of anilines is 1. The molecular weight excluding hydrogens is 232 g/mol. The maximum Gasteiger partial charge on any atom is 0.335 e. The number of carboxylic acids is 1. The SMILES string of the molecule is Cc1cc(C(=O)O)cc(NC2CC3CCC2O3)n1. The van der Waals surface area contributed by atoms with Gasteiger partial charge in [0, 0.05) is 5.69 Å². The fourth-order valence-electron chi connectivity index (χ4n) is 2.85. The first kappa shape index (κ1) is 11.5. The van der Waals surface area contributed by atoms with Crippen molar-refractivity contribution < 1.29 is 14.6 Å². The van der Waals surface area contributed by atoms with Gasteiger partial charge in [-0.3, -0.25) is 0 Å². The molecule has 0 aromatic carbocycles. The average molecular weight is 248 g/mol. The normalized spacial score (nSPS) is 29.5. The molecule has 18 heavy (non-hydrogen) atoms. The Balaban J connectivity index is 1.78. The van der Waals surface area contributed by atoms with Gasteiger partial charge in [0.25, 0.3) is 0 Å². The van der Waals surface area contributed by atoms with Gasteiger partial charge in [0.1, 0.15) is 5.82 Å². The summed E-state index contributed by atoms with van der Waals surface area (Å²) in [6.07, 6.45) is 3.84. The molecule has 3 unspecified atom stereocenters. The number of aryl methyl sites for hydroxylation is 1. The van der Waals surface area contributed by atoms with Gasteiger partial charge < -0.3 is 15.2 Å². The summed E-state index contributed by atoms with van der Waals surface area (Å²) in [5.41, 5.74) is 0.982. The molecule has 0 radical (unpaired) electrons. The van der Waals surface area contributed by atoms with Crippen molar-refractivity contribution in [3.63, 3.8) is 0 Å². The molecule has 2 aliphatic rings. The molecule has 96 valence electrons. The minimum Gasteiger partial charge on any atom is -0.478 e. The molecule has 1 aromatic heterocycles. The van der Waals surface area contributed by atoms with E-state index in [2.05, 4.69) is 10.3 Å². The molecule has 5 heteroatoms. The van der Waals surface area contributed by atoms with E-state index in [0.717, 1.165) is 19.3 Å². The molecule has 1 aromatic rings. The molecule has 2 fully saturated rings. The van der Waals surface area contributed by atoms with Gasteiger partial charge in [0.05, 0.1) is 23.8 Å². The largest absolute Gasteiger partial charge is 0.478 e. The smallest absolute Gasteiger partial charge is 0.335 e. The number of nitrogens with zero attached hydrogens (tertiary/aromatic N) is 1. The topological polar surface area (TPSA) is 71.5 Å². The molecule has 2 aliphatic heterocycles. The quantitative estimate of drug-likeness (QED) is 0.853. The summed E-state index contributed by atoms with van der Waals surface area (Å²) in [4.78, 5) is 15.3. The summed E-state index contributed by atoms with van der Waals surface area (Å²) in [7, 11) is 0. The predicted molar refractivity (Wildman–Crippen MR) is 65.9 cm³/mol. The Morgan fingerprint density at radius 2 is 2.33 bits per heavy atom. The van der Waals surface area contributed by atoms with Crippen molar-refractivity contribution in [3.8, 4) is 0 Å². The molecule has 2 saturated heterocycles. The second kappa shape index (κ2) is 4.24. The number of hydrogen-bond donors (Lipinski definition) is 2. The molecule has 3 atom stereocenters. The first-order valence-electron chi connectivity index (χ1n) is 6.26. The van der Waals surface area contributed by atoms with Crippen molar-refractivity contribution in [2.24, 2.45) is 0 Å². The lowest BCUT2D eigenvalue weighted by Gasteiger charge is -2.20. The number of nitrogens with one attached hydrogen (secondary N) is 1. The van der Waals surface area contributed by atoms with Crippen LogP contribution in [0.3, 0.4) is 0 Å². The van der Waals surface area contributed by atoms with Crippen LogP contribution in [0.25, 0.3) is 0 Å². The van der Waals surface area contributed by atoms with Crippen molar-refractivity contribution >= 4 is 11.8 Å². The highest BCUT2D eigenvalue weighted by atomic mass is 16.5. The lowest BCUT2D eigenvalue weighted by Crippen LogP contribution is -2.31. The highest BCUT2D eigenvalue weighted by Gasteiger charge is 2.40. The van der Waals surface area contributed by atoms with Gasteiger partial charge in [0.15, 0.2) is 0 Å². The number of hydrogen-bond acceptors (Lipinski definition) is 4. The second-order valence-electron chi connectivity index (χ2n) is 5.05. The number of rotatable bonds is 3. The van der Waals surface area contributed by atoms with Gasteiger partial charge in [-0.15, -0.1) is 0 Å². The Morgan fingerprint density at radius 1 is 1.50 bits per heavy atom. The minimum absolute atomic E-state index is 0.255. The van der Waals surface area contributed by atoms with E-state index in [1.807, 2.05) is 0 Å². The molecule has 5 nitrogen and oxygen atoms in total. The predicted octanol–water partition coefficient (Wildman–Crippen LogP) is 1.82. The van der Waals surface area contributed by atoms with Crippen LogP contribution in [-0.4, -0.2) is 34.3 Å². The van der Waals surface area contributed by atoms with Gasteiger partial charge >= 0.3 is 5.97 Å². The van der Waals surface area contributed by atoms with Crippen molar-refractivity contribution in [2.75, 3.05) is 5.32 Å². The Bertz CT molecular complexity index is 489. The van der Waals surface area contributed by atoms with Crippen molar-refractivity contribution in [1.29, 1.82) is 0 Å². The van der Waals surface area contributed by atoms with E-state index in [4.69, 9.17) is 9.84 Å². The first-order valence-corrected chi connectivity index (χ1v) is 6.26. The van der Waals surface area contributed by atoms with Crippen LogP contribution in [0.4, 0.5) is 5.82 Å². The number of carbonyl (C=O) groups is 1. The van der Waals surface area contributed by atoms with E-state index in [1.54, 1.807) is 19.1 Å². The second-order valence-corrected chi connectivity index (χ2v) is 5.05. The zero-order chi connectivity index (χ0) is 12.7. The van der Waals surface area contributed by atoms with Crippen LogP contribution in [-0.2, 0) is 4.74 Å². The molecule has 0 spiro atoms. The zero-order valence-electron chi connectivity index (χ0n) is 10.2. The van der Waals surface area contributed by atoms with E-state index in [0.29, 0.717) is 17.6 Å². The van der Waals surface area contributed by atoms with E-state index in [9.17, 15) is 4.79 Å². The van der Waals surface area contributed by atoms with E-state index in [-0.39, 0.29) is 17.7 Å². The van der Waals surface area contributed by atoms with Crippen LogP contribution in [0.2, 0.25) is 0 Å². The molecule has 2 bridgehead atoms. The summed E-state index contributed by atoms with van der Waals surface area (Å²) < 4.78 is 5.76. The third-order valence-electron chi connectivity index (χ3n) is 3.64. The van der Waals surface area contributed by atoms with Gasteiger partial charge in [-0.25, -0.2) is 9.78 Å². The van der Waals surface area contributed by atoms with Crippen LogP contribution in [0.5, 0.6) is 0 Å². The number of aromatic nitrogens is 1. The monoisotopic (exact) mass is 248 g/mol. The van der Waals surface area contributed by atoms with Gasteiger partial charge in [0.2, 0.25) is 0 Å². The van der Waals surface area contributed by atoms with Crippen LogP contribution < -0.4 is 5.32 Å². The molecule has 3 rings (SSSR count). The van der Waals surface area contributed by atoms with Crippen LogP contribution >= 0.6 is 0 Å². The molecule has 0 saturated carbocycles. The number of carboxylic acid groups (broad SMARTS) is 1. The van der Waals surface area contributed by atoms with Crippen LogP contribution in [0, 0.1) is 6.92 Å². The molecule has 0 aliphatic carbocycles.